The van der Waals surface area contributed by atoms with E-state index in [-0.39, 0.29) is 17.5 Å². The highest BCUT2D eigenvalue weighted by atomic mass is 16.6. The molecule has 1 aromatic rings. The predicted molar refractivity (Wildman–Crippen MR) is 87.0 cm³/mol. The number of hydrogen-bond donors (Lipinski definition) is 1. The zero-order valence-corrected chi connectivity index (χ0v) is 13.3. The average Bonchev–Trinajstić information content (AvgIpc) is 2.47. The summed E-state index contributed by atoms with van der Waals surface area (Å²) in [5.41, 5.74) is 1.22. The second-order valence-corrected chi connectivity index (χ2v) is 7.70. The van der Waals surface area contributed by atoms with Crippen molar-refractivity contribution in [1.82, 2.24) is 0 Å². The van der Waals surface area contributed by atoms with Crippen molar-refractivity contribution in [2.75, 3.05) is 5.32 Å². The maximum atomic E-state index is 12.8. The molecule has 4 saturated carbocycles. The lowest BCUT2D eigenvalue weighted by molar-refractivity contribution is -0.385. The van der Waals surface area contributed by atoms with Gasteiger partial charge in [0.05, 0.1) is 4.92 Å². The molecular weight excluding hydrogens is 292 g/mol. The van der Waals surface area contributed by atoms with Crippen molar-refractivity contribution in [3.8, 4) is 0 Å². The Morgan fingerprint density at radius 2 is 1.74 bits per heavy atom. The zero-order valence-electron chi connectivity index (χ0n) is 13.3. The number of aryl methyl sites for hydroxylation is 1. The number of rotatable bonds is 3. The van der Waals surface area contributed by atoms with Gasteiger partial charge in [-0.2, -0.15) is 0 Å². The predicted octanol–water partition coefficient (Wildman–Crippen LogP) is 3.91. The van der Waals surface area contributed by atoms with Gasteiger partial charge >= 0.3 is 0 Å². The molecule has 1 aromatic carbocycles. The van der Waals surface area contributed by atoms with Gasteiger partial charge in [0.1, 0.15) is 0 Å². The van der Waals surface area contributed by atoms with Crippen LogP contribution in [0, 0.1) is 46.6 Å². The molecule has 122 valence electrons. The summed E-state index contributed by atoms with van der Waals surface area (Å²) in [7, 11) is 0. The minimum atomic E-state index is -0.395. The van der Waals surface area contributed by atoms with Gasteiger partial charge < -0.3 is 5.32 Å². The van der Waals surface area contributed by atoms with Gasteiger partial charge in [0.15, 0.2) is 0 Å². The van der Waals surface area contributed by atoms with E-state index in [9.17, 15) is 14.9 Å². The fraction of sp³-hybridized carbons (Fsp3) is 0.611. The van der Waals surface area contributed by atoms with Crippen LogP contribution in [0.2, 0.25) is 0 Å². The number of benzene rings is 1. The van der Waals surface area contributed by atoms with E-state index in [1.165, 1.54) is 38.2 Å². The third kappa shape index (κ3) is 2.52. The minimum Gasteiger partial charge on any atom is -0.326 e. The van der Waals surface area contributed by atoms with E-state index < -0.39 is 4.92 Å². The molecule has 0 aromatic heterocycles. The van der Waals surface area contributed by atoms with Crippen LogP contribution in [0.25, 0.3) is 0 Å². The molecule has 23 heavy (non-hydrogen) atoms. The number of carbonyl (C=O) groups excluding carboxylic acids is 1. The number of hydrogen-bond acceptors (Lipinski definition) is 3. The molecule has 4 aliphatic rings. The number of nitrogens with one attached hydrogen (secondary N) is 1. The van der Waals surface area contributed by atoms with E-state index >= 15 is 0 Å². The first-order valence-corrected chi connectivity index (χ1v) is 8.57. The van der Waals surface area contributed by atoms with Gasteiger partial charge in [0, 0.05) is 23.2 Å². The highest BCUT2D eigenvalue weighted by Gasteiger charge is 2.50. The lowest BCUT2D eigenvalue weighted by Gasteiger charge is -2.53. The highest BCUT2D eigenvalue weighted by molar-refractivity contribution is 5.93. The molecule has 4 aliphatic carbocycles. The molecule has 0 unspecified atom stereocenters. The fourth-order valence-corrected chi connectivity index (χ4v) is 5.46. The van der Waals surface area contributed by atoms with Crippen molar-refractivity contribution >= 4 is 17.3 Å². The Bertz CT molecular complexity index is 642. The van der Waals surface area contributed by atoms with Crippen molar-refractivity contribution in [2.45, 2.75) is 39.0 Å². The molecule has 0 heterocycles. The van der Waals surface area contributed by atoms with Gasteiger partial charge in [-0.05, 0) is 68.8 Å². The number of amides is 1. The molecule has 4 bridgehead atoms. The van der Waals surface area contributed by atoms with Crippen LogP contribution in [0.15, 0.2) is 18.2 Å². The van der Waals surface area contributed by atoms with Gasteiger partial charge in [-0.3, -0.25) is 14.9 Å². The van der Waals surface area contributed by atoms with Gasteiger partial charge in [-0.25, -0.2) is 0 Å². The lowest BCUT2D eigenvalue weighted by atomic mass is 9.51. The lowest BCUT2D eigenvalue weighted by Crippen LogP contribution is -2.49. The Hall–Kier alpha value is -1.91. The van der Waals surface area contributed by atoms with Crippen LogP contribution in [0.4, 0.5) is 11.4 Å². The van der Waals surface area contributed by atoms with E-state index in [1.54, 1.807) is 19.1 Å². The number of nitro benzene ring substituents is 1. The Kier molecular flexibility index (Phi) is 3.39. The van der Waals surface area contributed by atoms with Crippen LogP contribution in [0.5, 0.6) is 0 Å². The summed E-state index contributed by atoms with van der Waals surface area (Å²) in [6.07, 6.45) is 6.14. The Labute approximate surface area is 135 Å². The van der Waals surface area contributed by atoms with Crippen molar-refractivity contribution in [3.05, 3.63) is 33.9 Å². The molecule has 0 spiro atoms. The number of carbonyl (C=O) groups is 1. The maximum Gasteiger partial charge on any atom is 0.274 e. The first kappa shape index (κ1) is 14.7. The normalized spacial score (nSPS) is 34.4. The van der Waals surface area contributed by atoms with Gasteiger partial charge in [0.25, 0.3) is 5.69 Å². The summed E-state index contributed by atoms with van der Waals surface area (Å²) in [5, 5.41) is 14.0. The van der Waals surface area contributed by atoms with Crippen LogP contribution < -0.4 is 5.32 Å². The standard InChI is InChI=1S/C18H22N2O3/c1-10-2-3-15(9-16(10)20(22)23)19-18(21)17-13-5-11-4-12(7-13)8-14(17)6-11/h2-3,9,11-14,17H,4-8H2,1H3,(H,19,21). The molecule has 0 saturated heterocycles. The zero-order chi connectivity index (χ0) is 16.1. The smallest absolute Gasteiger partial charge is 0.274 e. The van der Waals surface area contributed by atoms with Crippen LogP contribution in [0.3, 0.4) is 0 Å². The van der Waals surface area contributed by atoms with Crippen LogP contribution in [0.1, 0.15) is 37.7 Å². The first-order valence-electron chi connectivity index (χ1n) is 8.57. The largest absolute Gasteiger partial charge is 0.326 e. The molecule has 5 heteroatoms. The fourth-order valence-electron chi connectivity index (χ4n) is 5.46. The Morgan fingerprint density at radius 1 is 1.13 bits per heavy atom. The minimum absolute atomic E-state index is 0.0629. The monoisotopic (exact) mass is 314 g/mol. The summed E-state index contributed by atoms with van der Waals surface area (Å²) < 4.78 is 0. The summed E-state index contributed by atoms with van der Waals surface area (Å²) in [6.45, 7) is 1.71. The number of nitro groups is 1. The number of anilines is 1. The summed E-state index contributed by atoms with van der Waals surface area (Å²) in [5.74, 6) is 2.88. The maximum absolute atomic E-state index is 12.8. The second-order valence-electron chi connectivity index (χ2n) is 7.70. The third-order valence-corrected chi connectivity index (χ3v) is 6.20. The third-order valence-electron chi connectivity index (χ3n) is 6.20. The molecule has 0 radical (unpaired) electrons. The highest BCUT2D eigenvalue weighted by Crippen LogP contribution is 2.56. The molecule has 0 aliphatic heterocycles. The number of nitrogens with zero attached hydrogens (tertiary/aromatic N) is 1. The van der Waals surface area contributed by atoms with Crippen molar-refractivity contribution in [1.29, 1.82) is 0 Å². The van der Waals surface area contributed by atoms with E-state index in [2.05, 4.69) is 5.32 Å². The second kappa shape index (κ2) is 5.32. The topological polar surface area (TPSA) is 72.2 Å². The molecule has 1 amide bonds. The Balaban J connectivity index is 1.52. The van der Waals surface area contributed by atoms with Crippen LogP contribution >= 0.6 is 0 Å². The molecule has 4 fully saturated rings. The summed E-state index contributed by atoms with van der Waals surface area (Å²) in [6, 6.07) is 4.93. The van der Waals surface area contributed by atoms with Gasteiger partial charge in [-0.1, -0.05) is 6.07 Å². The molecule has 5 nitrogen and oxygen atoms in total. The first-order chi connectivity index (χ1) is 11.0. The molecule has 0 atom stereocenters. The van der Waals surface area contributed by atoms with Gasteiger partial charge in [0.2, 0.25) is 5.91 Å². The van der Waals surface area contributed by atoms with E-state index in [0.29, 0.717) is 23.1 Å². The van der Waals surface area contributed by atoms with Gasteiger partial charge in [-0.15, -0.1) is 0 Å². The van der Waals surface area contributed by atoms with E-state index in [1.807, 2.05) is 0 Å². The van der Waals surface area contributed by atoms with Crippen LogP contribution in [-0.4, -0.2) is 10.8 Å². The Morgan fingerprint density at radius 3 is 2.30 bits per heavy atom. The van der Waals surface area contributed by atoms with Crippen LogP contribution in [-0.2, 0) is 4.79 Å². The van der Waals surface area contributed by atoms with E-state index in [0.717, 1.165) is 11.8 Å². The van der Waals surface area contributed by atoms with E-state index in [4.69, 9.17) is 0 Å². The van der Waals surface area contributed by atoms with Crippen molar-refractivity contribution < 1.29 is 9.72 Å². The quantitative estimate of drug-likeness (QED) is 0.679. The summed E-state index contributed by atoms with van der Waals surface area (Å²) in [4.78, 5) is 23.4. The SMILES string of the molecule is Cc1ccc(NC(=O)C2C3CC4CC(C3)CC2C4)cc1[N+](=O)[O-]. The summed E-state index contributed by atoms with van der Waals surface area (Å²) >= 11 is 0. The molecule has 5 rings (SSSR count). The molecule has 1 N–H and O–H groups in total. The average molecular weight is 314 g/mol. The van der Waals surface area contributed by atoms with Crippen molar-refractivity contribution in [2.24, 2.45) is 29.6 Å². The van der Waals surface area contributed by atoms with Crippen molar-refractivity contribution in [3.63, 3.8) is 0 Å². The molecular formula is C18H22N2O3.